The van der Waals surface area contributed by atoms with Crippen LogP contribution in [0.15, 0.2) is 60.8 Å². The van der Waals surface area contributed by atoms with E-state index >= 15 is 0 Å². The lowest BCUT2D eigenvalue weighted by Gasteiger charge is -2.25. The SMILES string of the molecule is COc1cc(CNC(=O)c2ccc3c(c2)nc(-c2ccccn2)n3C2CCCCC2)ccc1O. The molecule has 1 fully saturated rings. The number of amides is 1. The first-order chi connectivity index (χ1) is 16.6. The number of aromatic nitrogens is 3. The third-order valence-corrected chi connectivity index (χ3v) is 6.48. The van der Waals surface area contributed by atoms with Crippen LogP contribution in [0.1, 0.15) is 54.1 Å². The van der Waals surface area contributed by atoms with Gasteiger partial charge in [-0.25, -0.2) is 4.98 Å². The maximum atomic E-state index is 12.9. The Bertz CT molecular complexity index is 1310. The number of ether oxygens (including phenoxy) is 1. The molecule has 1 amide bonds. The van der Waals surface area contributed by atoms with Crippen LogP contribution in [0.5, 0.6) is 11.5 Å². The highest BCUT2D eigenvalue weighted by Gasteiger charge is 2.23. The fourth-order valence-corrected chi connectivity index (χ4v) is 4.74. The second-order valence-corrected chi connectivity index (χ2v) is 8.70. The molecule has 0 atom stereocenters. The number of methoxy groups -OCH3 is 1. The molecule has 0 bridgehead atoms. The predicted molar refractivity (Wildman–Crippen MR) is 131 cm³/mol. The highest BCUT2D eigenvalue weighted by Crippen LogP contribution is 2.35. The molecular formula is C27H28N4O3. The second-order valence-electron chi connectivity index (χ2n) is 8.70. The first-order valence-corrected chi connectivity index (χ1v) is 11.7. The number of aromatic hydroxyl groups is 1. The third-order valence-electron chi connectivity index (χ3n) is 6.48. The lowest BCUT2D eigenvalue weighted by molar-refractivity contribution is 0.0951. The van der Waals surface area contributed by atoms with Gasteiger partial charge < -0.3 is 19.7 Å². The quantitative estimate of drug-likeness (QED) is 0.414. The minimum atomic E-state index is -0.180. The van der Waals surface area contributed by atoms with E-state index in [2.05, 4.69) is 14.9 Å². The average Bonchev–Trinajstić information content (AvgIpc) is 3.28. The van der Waals surface area contributed by atoms with Crippen LogP contribution in [0.25, 0.3) is 22.6 Å². The average molecular weight is 457 g/mol. The van der Waals surface area contributed by atoms with E-state index in [1.165, 1.54) is 26.4 Å². The molecule has 4 aromatic rings. The fraction of sp³-hybridized carbons (Fsp3) is 0.296. The molecule has 2 N–H and O–H groups in total. The number of fused-ring (bicyclic) bond motifs is 1. The lowest BCUT2D eigenvalue weighted by Crippen LogP contribution is -2.22. The molecule has 2 aromatic heterocycles. The Labute approximate surface area is 198 Å². The molecule has 5 rings (SSSR count). The summed E-state index contributed by atoms with van der Waals surface area (Å²) in [5.41, 5.74) is 4.07. The van der Waals surface area contributed by atoms with E-state index < -0.39 is 0 Å². The van der Waals surface area contributed by atoms with Crippen LogP contribution in [0.4, 0.5) is 0 Å². The summed E-state index contributed by atoms with van der Waals surface area (Å²) in [5.74, 6) is 1.13. The van der Waals surface area contributed by atoms with E-state index in [1.54, 1.807) is 24.4 Å². The third kappa shape index (κ3) is 4.33. The molecule has 1 aliphatic rings. The van der Waals surface area contributed by atoms with Crippen LogP contribution in [0.3, 0.4) is 0 Å². The van der Waals surface area contributed by atoms with Gasteiger partial charge >= 0.3 is 0 Å². The molecule has 7 nitrogen and oxygen atoms in total. The number of imidazole rings is 1. The van der Waals surface area contributed by atoms with Crippen LogP contribution in [-0.4, -0.2) is 32.7 Å². The second kappa shape index (κ2) is 9.55. The Morgan fingerprint density at radius 1 is 1.12 bits per heavy atom. The van der Waals surface area contributed by atoms with Gasteiger partial charge in [-0.2, -0.15) is 0 Å². The van der Waals surface area contributed by atoms with Gasteiger partial charge in [0.1, 0.15) is 5.69 Å². The number of phenolic OH excluding ortho intramolecular Hbond substituents is 1. The van der Waals surface area contributed by atoms with Crippen molar-refractivity contribution in [3.63, 3.8) is 0 Å². The Kier molecular flexibility index (Phi) is 6.16. The molecule has 1 aliphatic carbocycles. The van der Waals surface area contributed by atoms with Crippen molar-refractivity contribution in [2.45, 2.75) is 44.7 Å². The van der Waals surface area contributed by atoms with Crippen LogP contribution in [-0.2, 0) is 6.54 Å². The normalized spacial score (nSPS) is 14.3. The number of hydrogen-bond acceptors (Lipinski definition) is 5. The Morgan fingerprint density at radius 3 is 2.74 bits per heavy atom. The highest BCUT2D eigenvalue weighted by atomic mass is 16.5. The number of nitrogens with one attached hydrogen (secondary N) is 1. The zero-order valence-electron chi connectivity index (χ0n) is 19.2. The van der Waals surface area contributed by atoms with Crippen molar-refractivity contribution in [2.24, 2.45) is 0 Å². The molecule has 1 saturated carbocycles. The summed E-state index contributed by atoms with van der Waals surface area (Å²) in [5, 5.41) is 12.7. The molecule has 0 spiro atoms. The van der Waals surface area contributed by atoms with Crippen molar-refractivity contribution in [2.75, 3.05) is 7.11 Å². The Hall–Kier alpha value is -3.87. The van der Waals surface area contributed by atoms with E-state index in [0.29, 0.717) is 23.9 Å². The van der Waals surface area contributed by atoms with Gasteiger partial charge in [0.05, 0.1) is 18.1 Å². The van der Waals surface area contributed by atoms with Gasteiger partial charge in [-0.3, -0.25) is 9.78 Å². The van der Waals surface area contributed by atoms with Crippen LogP contribution in [0.2, 0.25) is 0 Å². The molecule has 0 aliphatic heterocycles. The first-order valence-electron chi connectivity index (χ1n) is 11.7. The molecule has 174 valence electrons. The number of carbonyl (C=O) groups is 1. The van der Waals surface area contributed by atoms with Crippen LogP contribution >= 0.6 is 0 Å². The van der Waals surface area contributed by atoms with Crippen molar-refractivity contribution in [1.82, 2.24) is 19.9 Å². The van der Waals surface area contributed by atoms with Crippen molar-refractivity contribution in [3.8, 4) is 23.0 Å². The maximum absolute atomic E-state index is 12.9. The minimum Gasteiger partial charge on any atom is -0.504 e. The number of phenols is 1. The van der Waals surface area contributed by atoms with Crippen LogP contribution < -0.4 is 10.1 Å². The van der Waals surface area contributed by atoms with Crippen molar-refractivity contribution < 1.29 is 14.6 Å². The first kappa shape index (κ1) is 21.9. The number of rotatable bonds is 6. The summed E-state index contributed by atoms with van der Waals surface area (Å²) in [7, 11) is 1.50. The van der Waals surface area contributed by atoms with E-state index in [9.17, 15) is 9.90 Å². The van der Waals surface area contributed by atoms with Crippen LogP contribution in [0, 0.1) is 0 Å². The Balaban J connectivity index is 1.44. The van der Waals surface area contributed by atoms with E-state index in [-0.39, 0.29) is 11.7 Å². The fourth-order valence-electron chi connectivity index (χ4n) is 4.74. The zero-order valence-corrected chi connectivity index (χ0v) is 19.2. The smallest absolute Gasteiger partial charge is 0.251 e. The summed E-state index contributed by atoms with van der Waals surface area (Å²) < 4.78 is 7.47. The summed E-state index contributed by atoms with van der Waals surface area (Å²) in [6, 6.07) is 17.0. The minimum absolute atomic E-state index is 0.0697. The topological polar surface area (TPSA) is 89.3 Å². The monoisotopic (exact) mass is 456 g/mol. The Morgan fingerprint density at radius 2 is 1.97 bits per heavy atom. The number of nitrogens with zero attached hydrogens (tertiary/aromatic N) is 3. The van der Waals surface area contributed by atoms with Crippen molar-refractivity contribution >= 4 is 16.9 Å². The standard InChI is InChI=1S/C27H28N4O3/c1-34-25-15-18(10-13-24(25)32)17-29-27(33)19-11-12-23-22(16-19)30-26(21-9-5-6-14-28-21)31(23)20-7-3-2-4-8-20/h5-6,9-16,20,32H,2-4,7-8,17H2,1H3,(H,29,33). The van der Waals surface area contributed by atoms with E-state index in [4.69, 9.17) is 9.72 Å². The van der Waals surface area contributed by atoms with Gasteiger partial charge in [0, 0.05) is 24.3 Å². The molecule has 2 aromatic carbocycles. The zero-order chi connectivity index (χ0) is 23.5. The highest BCUT2D eigenvalue weighted by molar-refractivity contribution is 5.97. The summed E-state index contributed by atoms with van der Waals surface area (Å²) >= 11 is 0. The molecule has 7 heteroatoms. The largest absolute Gasteiger partial charge is 0.504 e. The van der Waals surface area contributed by atoms with Gasteiger partial charge in [0.25, 0.3) is 5.91 Å². The number of benzene rings is 2. The number of pyridine rings is 1. The van der Waals surface area contributed by atoms with E-state index in [0.717, 1.165) is 41.0 Å². The number of carbonyl (C=O) groups excluding carboxylic acids is 1. The van der Waals surface area contributed by atoms with Crippen molar-refractivity contribution in [1.29, 1.82) is 0 Å². The molecule has 0 saturated heterocycles. The van der Waals surface area contributed by atoms with Gasteiger partial charge in [0.15, 0.2) is 17.3 Å². The molecule has 2 heterocycles. The molecule has 0 unspecified atom stereocenters. The van der Waals surface area contributed by atoms with Gasteiger partial charge in [0.2, 0.25) is 0 Å². The summed E-state index contributed by atoms with van der Waals surface area (Å²) in [6.07, 6.45) is 7.76. The predicted octanol–water partition coefficient (Wildman–Crippen LogP) is 5.25. The van der Waals surface area contributed by atoms with Crippen molar-refractivity contribution in [3.05, 3.63) is 71.9 Å². The summed E-state index contributed by atoms with van der Waals surface area (Å²) in [4.78, 5) is 22.4. The molecule has 0 radical (unpaired) electrons. The van der Waals surface area contributed by atoms with E-state index in [1.807, 2.05) is 36.4 Å². The molecule has 34 heavy (non-hydrogen) atoms. The van der Waals surface area contributed by atoms with Gasteiger partial charge in [-0.1, -0.05) is 31.4 Å². The lowest BCUT2D eigenvalue weighted by atomic mass is 9.95. The van der Waals surface area contributed by atoms with Gasteiger partial charge in [-0.05, 0) is 60.9 Å². The summed E-state index contributed by atoms with van der Waals surface area (Å²) in [6.45, 7) is 0.323. The van der Waals surface area contributed by atoms with Gasteiger partial charge in [-0.15, -0.1) is 0 Å². The maximum Gasteiger partial charge on any atom is 0.251 e. The number of hydrogen-bond donors (Lipinski definition) is 2. The molecular weight excluding hydrogens is 428 g/mol.